The number of hydrogen-bond acceptors (Lipinski definition) is 3. The number of nitrogens with one attached hydrogen (secondary N) is 1. The third-order valence-electron chi connectivity index (χ3n) is 5.16. The Morgan fingerprint density at radius 1 is 1.28 bits per heavy atom. The molecule has 2 fully saturated rings. The summed E-state index contributed by atoms with van der Waals surface area (Å²) in [4.78, 5) is 2.47. The van der Waals surface area contributed by atoms with Crippen molar-refractivity contribution >= 4 is 0 Å². The van der Waals surface area contributed by atoms with Crippen molar-refractivity contribution in [3.63, 3.8) is 0 Å². The van der Waals surface area contributed by atoms with Crippen molar-refractivity contribution in [3.05, 3.63) is 0 Å². The second-order valence-corrected chi connectivity index (χ2v) is 6.26. The molecule has 0 radical (unpaired) electrons. The molecule has 0 spiro atoms. The summed E-state index contributed by atoms with van der Waals surface area (Å²) in [5.74, 6) is 0. The molecule has 2 atom stereocenters. The summed E-state index contributed by atoms with van der Waals surface area (Å²) < 4.78 is 5.76. The largest absolute Gasteiger partial charge is 0.378 e. The number of likely N-dealkylation sites (N-methyl/N-ethyl adjacent to an activating group) is 2. The van der Waals surface area contributed by atoms with Crippen molar-refractivity contribution in [1.82, 2.24) is 10.2 Å². The smallest absolute Gasteiger partial charge is 0.0576 e. The summed E-state index contributed by atoms with van der Waals surface area (Å²) in [6, 6.07) is 0.610. The minimum atomic E-state index is 0.382. The zero-order valence-electron chi connectivity index (χ0n) is 12.4. The fraction of sp³-hybridized carbons (Fsp3) is 1.00. The first-order valence-corrected chi connectivity index (χ1v) is 7.65. The highest BCUT2D eigenvalue weighted by molar-refractivity contribution is 5.01. The van der Waals surface area contributed by atoms with E-state index in [0.717, 1.165) is 6.61 Å². The topological polar surface area (TPSA) is 24.5 Å². The first-order valence-electron chi connectivity index (χ1n) is 7.65. The van der Waals surface area contributed by atoms with E-state index in [-0.39, 0.29) is 0 Å². The lowest BCUT2D eigenvalue weighted by Crippen LogP contribution is -2.56. The molecule has 3 heteroatoms. The molecule has 1 saturated heterocycles. The standard InChI is InChI=1S/C15H30N2O/c1-16-14(9-8-13-7-6-12-18-13)15(17(2)3)10-4-5-11-15/h13-14,16H,4-12H2,1-3H3. The Morgan fingerprint density at radius 2 is 2.00 bits per heavy atom. The van der Waals surface area contributed by atoms with Gasteiger partial charge in [-0.3, -0.25) is 0 Å². The van der Waals surface area contributed by atoms with Gasteiger partial charge in [-0.1, -0.05) is 12.8 Å². The van der Waals surface area contributed by atoms with E-state index < -0.39 is 0 Å². The molecule has 1 saturated carbocycles. The third-order valence-corrected chi connectivity index (χ3v) is 5.16. The maximum atomic E-state index is 5.76. The Morgan fingerprint density at radius 3 is 2.50 bits per heavy atom. The predicted octanol–water partition coefficient (Wildman–Crippen LogP) is 2.41. The number of ether oxygens (including phenoxy) is 1. The van der Waals surface area contributed by atoms with Crippen molar-refractivity contribution < 1.29 is 4.74 Å². The average Bonchev–Trinajstić information content (AvgIpc) is 3.00. The van der Waals surface area contributed by atoms with E-state index in [1.54, 1.807) is 0 Å². The highest BCUT2D eigenvalue weighted by Crippen LogP contribution is 2.38. The Labute approximate surface area is 112 Å². The Balaban J connectivity index is 1.92. The molecular weight excluding hydrogens is 224 g/mol. The van der Waals surface area contributed by atoms with Crippen LogP contribution in [0, 0.1) is 0 Å². The van der Waals surface area contributed by atoms with E-state index in [2.05, 4.69) is 31.4 Å². The minimum Gasteiger partial charge on any atom is -0.378 e. The van der Waals surface area contributed by atoms with Crippen LogP contribution in [0.2, 0.25) is 0 Å². The van der Waals surface area contributed by atoms with Gasteiger partial charge in [-0.25, -0.2) is 0 Å². The second kappa shape index (κ2) is 6.36. The van der Waals surface area contributed by atoms with Crippen LogP contribution in [-0.4, -0.2) is 50.3 Å². The maximum absolute atomic E-state index is 5.76. The van der Waals surface area contributed by atoms with Gasteiger partial charge < -0.3 is 15.0 Å². The quantitative estimate of drug-likeness (QED) is 0.788. The molecule has 3 nitrogen and oxygen atoms in total. The molecule has 1 aliphatic heterocycles. The summed E-state index contributed by atoms with van der Waals surface area (Å²) >= 11 is 0. The zero-order chi connectivity index (χ0) is 13.0. The Kier molecular flexibility index (Phi) is 5.05. The van der Waals surface area contributed by atoms with Crippen LogP contribution in [0.3, 0.4) is 0 Å². The molecule has 0 aromatic rings. The molecular formula is C15H30N2O. The molecule has 0 bridgehead atoms. The van der Waals surface area contributed by atoms with Crippen LogP contribution in [-0.2, 0) is 4.74 Å². The lowest BCUT2D eigenvalue weighted by atomic mass is 9.83. The molecule has 1 N–H and O–H groups in total. The third kappa shape index (κ3) is 2.89. The van der Waals surface area contributed by atoms with E-state index in [4.69, 9.17) is 4.74 Å². The van der Waals surface area contributed by atoms with Gasteiger partial charge in [0, 0.05) is 18.2 Å². The minimum absolute atomic E-state index is 0.382. The second-order valence-electron chi connectivity index (χ2n) is 6.26. The SMILES string of the molecule is CNC(CCC1CCCO1)C1(N(C)C)CCCC1. The summed E-state index contributed by atoms with van der Waals surface area (Å²) in [7, 11) is 6.63. The molecule has 2 aliphatic rings. The number of nitrogens with zero attached hydrogens (tertiary/aromatic N) is 1. The van der Waals surface area contributed by atoms with Crippen LogP contribution in [0.5, 0.6) is 0 Å². The molecule has 2 unspecified atom stereocenters. The molecule has 0 amide bonds. The summed E-state index contributed by atoms with van der Waals surface area (Å²) in [5.41, 5.74) is 0.382. The van der Waals surface area contributed by atoms with Gasteiger partial charge in [-0.05, 0) is 59.7 Å². The molecule has 106 valence electrons. The van der Waals surface area contributed by atoms with Crippen molar-refractivity contribution in [2.24, 2.45) is 0 Å². The Hall–Kier alpha value is -0.120. The first kappa shape index (κ1) is 14.3. The molecule has 18 heavy (non-hydrogen) atoms. The van der Waals surface area contributed by atoms with E-state index >= 15 is 0 Å². The maximum Gasteiger partial charge on any atom is 0.0576 e. The van der Waals surface area contributed by atoms with Crippen molar-refractivity contribution in [1.29, 1.82) is 0 Å². The van der Waals surface area contributed by atoms with Crippen LogP contribution >= 0.6 is 0 Å². The van der Waals surface area contributed by atoms with Gasteiger partial charge in [0.15, 0.2) is 0 Å². The van der Waals surface area contributed by atoms with Crippen LogP contribution in [0.25, 0.3) is 0 Å². The zero-order valence-corrected chi connectivity index (χ0v) is 12.4. The van der Waals surface area contributed by atoms with Crippen LogP contribution in [0.15, 0.2) is 0 Å². The van der Waals surface area contributed by atoms with Gasteiger partial charge in [0.05, 0.1) is 6.10 Å². The fourth-order valence-electron chi connectivity index (χ4n) is 4.00. The fourth-order valence-corrected chi connectivity index (χ4v) is 4.00. The summed E-state index contributed by atoms with van der Waals surface area (Å²) in [6.45, 7) is 0.980. The van der Waals surface area contributed by atoms with Crippen LogP contribution in [0.4, 0.5) is 0 Å². The number of rotatable bonds is 6. The van der Waals surface area contributed by atoms with Crippen molar-refractivity contribution in [3.8, 4) is 0 Å². The van der Waals surface area contributed by atoms with Crippen molar-refractivity contribution in [2.45, 2.75) is 69.1 Å². The van der Waals surface area contributed by atoms with Gasteiger partial charge in [0.25, 0.3) is 0 Å². The molecule has 0 aromatic carbocycles. The Bertz CT molecular complexity index is 243. The predicted molar refractivity (Wildman–Crippen MR) is 75.9 cm³/mol. The van der Waals surface area contributed by atoms with Gasteiger partial charge in [-0.15, -0.1) is 0 Å². The lowest BCUT2D eigenvalue weighted by molar-refractivity contribution is 0.0730. The summed E-state index contributed by atoms with van der Waals surface area (Å²) in [6.07, 6.45) is 11.0. The normalized spacial score (nSPS) is 29.0. The first-order chi connectivity index (χ1) is 8.69. The molecule has 2 rings (SSSR count). The van der Waals surface area contributed by atoms with E-state index in [9.17, 15) is 0 Å². The highest BCUT2D eigenvalue weighted by atomic mass is 16.5. The lowest BCUT2D eigenvalue weighted by Gasteiger charge is -2.43. The average molecular weight is 254 g/mol. The van der Waals surface area contributed by atoms with Gasteiger partial charge in [0.1, 0.15) is 0 Å². The monoisotopic (exact) mass is 254 g/mol. The highest BCUT2D eigenvalue weighted by Gasteiger charge is 2.42. The molecule has 1 heterocycles. The van der Waals surface area contributed by atoms with Gasteiger partial charge >= 0.3 is 0 Å². The number of hydrogen-bond donors (Lipinski definition) is 1. The van der Waals surface area contributed by atoms with Gasteiger partial charge in [0.2, 0.25) is 0 Å². The van der Waals surface area contributed by atoms with Crippen LogP contribution < -0.4 is 5.32 Å². The summed E-state index contributed by atoms with van der Waals surface area (Å²) in [5, 5.41) is 3.59. The van der Waals surface area contributed by atoms with E-state index in [1.807, 2.05) is 0 Å². The van der Waals surface area contributed by atoms with Crippen molar-refractivity contribution in [2.75, 3.05) is 27.7 Å². The molecule has 0 aromatic heterocycles. The molecule has 1 aliphatic carbocycles. The van der Waals surface area contributed by atoms with Gasteiger partial charge in [-0.2, -0.15) is 0 Å². The van der Waals surface area contributed by atoms with Crippen LogP contribution in [0.1, 0.15) is 51.4 Å². The van der Waals surface area contributed by atoms with E-state index in [0.29, 0.717) is 17.7 Å². The van der Waals surface area contributed by atoms with E-state index in [1.165, 1.54) is 51.4 Å².